The van der Waals surface area contributed by atoms with Crippen molar-refractivity contribution in [2.24, 2.45) is 5.73 Å². The third-order valence-electron chi connectivity index (χ3n) is 3.69. The van der Waals surface area contributed by atoms with Gasteiger partial charge < -0.3 is 15.2 Å². The second kappa shape index (κ2) is 6.08. The number of ether oxygens (including phenoxy) is 2. The number of hydrogen-bond donors (Lipinski definition) is 1. The largest absolute Gasteiger partial charge is 0.494 e. The normalized spacial score (nSPS) is 14.4. The van der Waals surface area contributed by atoms with Gasteiger partial charge in [0.1, 0.15) is 11.5 Å². The van der Waals surface area contributed by atoms with E-state index in [9.17, 15) is 0 Å². The Balaban J connectivity index is 1.89. The zero-order chi connectivity index (χ0) is 14.8. The van der Waals surface area contributed by atoms with Gasteiger partial charge in [0.05, 0.1) is 19.3 Å². The van der Waals surface area contributed by atoms with Crippen LogP contribution in [0.5, 0.6) is 11.5 Å². The predicted molar refractivity (Wildman–Crippen MR) is 87.0 cm³/mol. The minimum Gasteiger partial charge on any atom is -0.494 e. The average molecular weight is 348 g/mol. The molecule has 1 aliphatic heterocycles. The molecule has 1 aliphatic rings. The third kappa shape index (κ3) is 2.92. The zero-order valence-corrected chi connectivity index (χ0v) is 13.5. The van der Waals surface area contributed by atoms with E-state index in [2.05, 4.69) is 22.0 Å². The summed E-state index contributed by atoms with van der Waals surface area (Å²) < 4.78 is 12.0. The summed E-state index contributed by atoms with van der Waals surface area (Å²) in [5.41, 5.74) is 9.82. The van der Waals surface area contributed by atoms with Crippen molar-refractivity contribution in [3.63, 3.8) is 0 Å². The van der Waals surface area contributed by atoms with E-state index in [1.807, 2.05) is 37.3 Å². The molecule has 2 aromatic rings. The Bertz CT molecular complexity index is 657. The molecule has 0 radical (unpaired) electrons. The Hall–Kier alpha value is -1.52. The summed E-state index contributed by atoms with van der Waals surface area (Å²) in [7, 11) is 0. The van der Waals surface area contributed by atoms with Crippen molar-refractivity contribution in [1.82, 2.24) is 0 Å². The highest BCUT2D eigenvalue weighted by Gasteiger charge is 2.17. The molecule has 0 saturated carbocycles. The van der Waals surface area contributed by atoms with Crippen LogP contribution >= 0.6 is 15.9 Å². The van der Waals surface area contributed by atoms with E-state index in [-0.39, 0.29) is 6.04 Å². The van der Waals surface area contributed by atoms with Crippen LogP contribution in [0.3, 0.4) is 0 Å². The lowest BCUT2D eigenvalue weighted by Gasteiger charge is -2.16. The maximum Gasteiger partial charge on any atom is 0.122 e. The lowest BCUT2D eigenvalue weighted by molar-refractivity contribution is 0.340. The molecule has 2 aromatic carbocycles. The van der Waals surface area contributed by atoms with Crippen LogP contribution in [0.4, 0.5) is 0 Å². The predicted octanol–water partition coefficient (Wildman–Crippen LogP) is 3.83. The van der Waals surface area contributed by atoms with E-state index >= 15 is 0 Å². The molecule has 0 bridgehead atoms. The molecule has 1 atom stereocenters. The SMILES string of the molecule is CCOc1ccc(C(N)c2ccc3c(c2)CCO3)c(Br)c1. The van der Waals surface area contributed by atoms with Gasteiger partial charge in [-0.1, -0.05) is 34.1 Å². The van der Waals surface area contributed by atoms with Gasteiger partial charge in [0.2, 0.25) is 0 Å². The maximum absolute atomic E-state index is 6.42. The fraction of sp³-hybridized carbons (Fsp3) is 0.294. The number of halogens is 1. The number of nitrogens with two attached hydrogens (primary N) is 1. The zero-order valence-electron chi connectivity index (χ0n) is 11.9. The van der Waals surface area contributed by atoms with E-state index < -0.39 is 0 Å². The van der Waals surface area contributed by atoms with Crippen LogP contribution < -0.4 is 15.2 Å². The third-order valence-corrected chi connectivity index (χ3v) is 4.38. The molecule has 4 heteroatoms. The second-order valence-electron chi connectivity index (χ2n) is 5.06. The molecule has 0 aromatic heterocycles. The molecule has 110 valence electrons. The Kier molecular flexibility index (Phi) is 4.17. The standard InChI is InChI=1S/C17H18BrNO2/c1-2-20-13-4-5-14(15(18)10-13)17(19)12-3-6-16-11(9-12)7-8-21-16/h3-6,9-10,17H,2,7-8,19H2,1H3. The lowest BCUT2D eigenvalue weighted by atomic mass is 9.97. The van der Waals surface area contributed by atoms with Gasteiger partial charge in [0.15, 0.2) is 0 Å². The van der Waals surface area contributed by atoms with Gasteiger partial charge in [-0.05, 0) is 41.8 Å². The fourth-order valence-corrected chi connectivity index (χ4v) is 3.20. The van der Waals surface area contributed by atoms with Crippen LogP contribution in [0.2, 0.25) is 0 Å². The number of hydrogen-bond acceptors (Lipinski definition) is 3. The number of rotatable bonds is 4. The Morgan fingerprint density at radius 3 is 2.90 bits per heavy atom. The van der Waals surface area contributed by atoms with Gasteiger partial charge in [-0.25, -0.2) is 0 Å². The first-order chi connectivity index (χ1) is 10.2. The van der Waals surface area contributed by atoms with Gasteiger partial charge in [0, 0.05) is 10.9 Å². The summed E-state index contributed by atoms with van der Waals surface area (Å²) in [6, 6.07) is 12.0. The highest BCUT2D eigenvalue weighted by Crippen LogP contribution is 2.33. The molecule has 0 amide bonds. The summed E-state index contributed by atoms with van der Waals surface area (Å²) in [6.07, 6.45) is 0.959. The van der Waals surface area contributed by atoms with E-state index in [4.69, 9.17) is 15.2 Å². The minimum absolute atomic E-state index is 0.166. The summed E-state index contributed by atoms with van der Waals surface area (Å²) in [6.45, 7) is 3.39. The van der Waals surface area contributed by atoms with Crippen molar-refractivity contribution in [2.75, 3.05) is 13.2 Å². The topological polar surface area (TPSA) is 44.5 Å². The van der Waals surface area contributed by atoms with Crippen LogP contribution in [0.15, 0.2) is 40.9 Å². The first-order valence-electron chi connectivity index (χ1n) is 7.12. The molecule has 0 saturated heterocycles. The summed E-state index contributed by atoms with van der Waals surface area (Å²) in [5.74, 6) is 1.83. The van der Waals surface area contributed by atoms with Crippen LogP contribution in [0, 0.1) is 0 Å². The molecule has 3 rings (SSSR count). The highest BCUT2D eigenvalue weighted by atomic mass is 79.9. The average Bonchev–Trinajstić information content (AvgIpc) is 2.94. The molecule has 0 spiro atoms. The van der Waals surface area contributed by atoms with Crippen molar-refractivity contribution in [3.05, 3.63) is 57.6 Å². The quantitative estimate of drug-likeness (QED) is 0.913. The molecule has 0 aliphatic carbocycles. The van der Waals surface area contributed by atoms with E-state index in [0.717, 1.165) is 40.1 Å². The van der Waals surface area contributed by atoms with Gasteiger partial charge in [-0.2, -0.15) is 0 Å². The van der Waals surface area contributed by atoms with Gasteiger partial charge in [0.25, 0.3) is 0 Å². The molecule has 1 unspecified atom stereocenters. The first-order valence-corrected chi connectivity index (χ1v) is 7.91. The lowest BCUT2D eigenvalue weighted by Crippen LogP contribution is -2.12. The summed E-state index contributed by atoms with van der Waals surface area (Å²) in [4.78, 5) is 0. The Labute approximate surface area is 133 Å². The van der Waals surface area contributed by atoms with Crippen molar-refractivity contribution < 1.29 is 9.47 Å². The van der Waals surface area contributed by atoms with Crippen molar-refractivity contribution in [1.29, 1.82) is 0 Å². The number of fused-ring (bicyclic) bond motifs is 1. The minimum atomic E-state index is -0.166. The molecule has 21 heavy (non-hydrogen) atoms. The van der Waals surface area contributed by atoms with Crippen molar-refractivity contribution in [3.8, 4) is 11.5 Å². The molecule has 2 N–H and O–H groups in total. The maximum atomic E-state index is 6.42. The molecule has 1 heterocycles. The Morgan fingerprint density at radius 2 is 2.14 bits per heavy atom. The van der Waals surface area contributed by atoms with Crippen LogP contribution in [0.25, 0.3) is 0 Å². The van der Waals surface area contributed by atoms with Crippen molar-refractivity contribution >= 4 is 15.9 Å². The Morgan fingerprint density at radius 1 is 1.29 bits per heavy atom. The number of benzene rings is 2. The fourth-order valence-electron chi connectivity index (χ4n) is 2.60. The molecular weight excluding hydrogens is 330 g/mol. The summed E-state index contributed by atoms with van der Waals surface area (Å²) >= 11 is 3.59. The van der Waals surface area contributed by atoms with Gasteiger partial charge in [-0.3, -0.25) is 0 Å². The monoisotopic (exact) mass is 347 g/mol. The first kappa shape index (κ1) is 14.4. The highest BCUT2D eigenvalue weighted by molar-refractivity contribution is 9.10. The van der Waals surface area contributed by atoms with Gasteiger partial charge >= 0.3 is 0 Å². The molecular formula is C17H18BrNO2. The van der Waals surface area contributed by atoms with E-state index in [1.54, 1.807) is 0 Å². The molecule has 3 nitrogen and oxygen atoms in total. The van der Waals surface area contributed by atoms with E-state index in [1.165, 1.54) is 5.56 Å². The smallest absolute Gasteiger partial charge is 0.122 e. The van der Waals surface area contributed by atoms with Crippen LogP contribution in [-0.2, 0) is 6.42 Å². The van der Waals surface area contributed by atoms with Gasteiger partial charge in [-0.15, -0.1) is 0 Å². The molecule has 0 fully saturated rings. The van der Waals surface area contributed by atoms with Crippen molar-refractivity contribution in [2.45, 2.75) is 19.4 Å². The van der Waals surface area contributed by atoms with Crippen LogP contribution in [-0.4, -0.2) is 13.2 Å². The second-order valence-corrected chi connectivity index (χ2v) is 5.91. The van der Waals surface area contributed by atoms with E-state index in [0.29, 0.717) is 6.61 Å². The van der Waals surface area contributed by atoms with Crippen LogP contribution in [0.1, 0.15) is 29.7 Å². The summed E-state index contributed by atoms with van der Waals surface area (Å²) in [5, 5.41) is 0.